The van der Waals surface area contributed by atoms with Gasteiger partial charge in [0.05, 0.1) is 0 Å². The molecule has 2 heterocycles. The standard InChI is InChI=1S/C25H29N3O2S/c29-25(30-20-21-7-2-1-3-8-21)28-16-14-27(15-17-28)24-11-5-4-9-22(24)19-26-13-12-23-10-6-18-31-23/h1-11,18,26H,12-17,19-20H2. The summed E-state index contributed by atoms with van der Waals surface area (Å²) < 4.78 is 5.49. The number of carbonyl (C=O) groups is 1. The second kappa shape index (κ2) is 11.0. The number of nitrogens with zero attached hydrogens (tertiary/aromatic N) is 2. The van der Waals surface area contributed by atoms with Gasteiger partial charge in [-0.15, -0.1) is 11.3 Å². The van der Waals surface area contributed by atoms with E-state index in [4.69, 9.17) is 4.74 Å². The molecule has 1 aromatic heterocycles. The first-order valence-electron chi connectivity index (χ1n) is 10.8. The molecular weight excluding hydrogens is 406 g/mol. The van der Waals surface area contributed by atoms with Crippen LogP contribution in [0.4, 0.5) is 10.5 Å². The summed E-state index contributed by atoms with van der Waals surface area (Å²) in [5, 5.41) is 5.70. The molecular formula is C25H29N3O2S. The van der Waals surface area contributed by atoms with E-state index in [1.807, 2.05) is 41.7 Å². The number of thiophene rings is 1. The van der Waals surface area contributed by atoms with E-state index in [2.05, 4.69) is 52.0 Å². The van der Waals surface area contributed by atoms with Crippen molar-refractivity contribution in [2.75, 3.05) is 37.6 Å². The molecule has 0 saturated carbocycles. The van der Waals surface area contributed by atoms with Gasteiger partial charge in [-0.3, -0.25) is 0 Å². The van der Waals surface area contributed by atoms with E-state index >= 15 is 0 Å². The van der Waals surface area contributed by atoms with Gasteiger partial charge in [-0.25, -0.2) is 4.79 Å². The molecule has 0 atom stereocenters. The van der Waals surface area contributed by atoms with Gasteiger partial charge >= 0.3 is 6.09 Å². The highest BCUT2D eigenvalue weighted by Crippen LogP contribution is 2.22. The summed E-state index contributed by atoms with van der Waals surface area (Å²) in [6.45, 7) is 5.11. The topological polar surface area (TPSA) is 44.8 Å². The van der Waals surface area contributed by atoms with Gasteiger partial charge in [-0.1, -0.05) is 54.6 Å². The third-order valence-electron chi connectivity index (χ3n) is 5.52. The summed E-state index contributed by atoms with van der Waals surface area (Å²) >= 11 is 1.81. The van der Waals surface area contributed by atoms with Gasteiger partial charge in [0.25, 0.3) is 0 Å². The van der Waals surface area contributed by atoms with Crippen LogP contribution in [-0.2, 0) is 24.3 Å². The van der Waals surface area contributed by atoms with E-state index in [-0.39, 0.29) is 6.09 Å². The number of ether oxygens (including phenoxy) is 1. The number of hydrogen-bond donors (Lipinski definition) is 1. The first-order valence-corrected chi connectivity index (χ1v) is 11.7. The summed E-state index contributed by atoms with van der Waals surface area (Å²) in [7, 11) is 0. The Morgan fingerprint density at radius 1 is 0.935 bits per heavy atom. The number of piperazine rings is 1. The van der Waals surface area contributed by atoms with E-state index in [0.29, 0.717) is 19.7 Å². The van der Waals surface area contributed by atoms with Crippen LogP contribution >= 0.6 is 11.3 Å². The SMILES string of the molecule is O=C(OCc1ccccc1)N1CCN(c2ccccc2CNCCc2cccs2)CC1. The summed E-state index contributed by atoms with van der Waals surface area (Å²) in [5.74, 6) is 0. The fraction of sp³-hybridized carbons (Fsp3) is 0.320. The van der Waals surface area contributed by atoms with Crippen molar-refractivity contribution in [2.24, 2.45) is 0 Å². The van der Waals surface area contributed by atoms with Crippen molar-refractivity contribution >= 4 is 23.1 Å². The molecule has 1 N–H and O–H groups in total. The first kappa shape index (κ1) is 21.4. The molecule has 6 heteroatoms. The maximum Gasteiger partial charge on any atom is 0.410 e. The molecule has 0 aliphatic carbocycles. The molecule has 2 aromatic carbocycles. The molecule has 0 spiro atoms. The van der Waals surface area contributed by atoms with Crippen molar-refractivity contribution in [3.05, 3.63) is 88.1 Å². The summed E-state index contributed by atoms with van der Waals surface area (Å²) in [4.78, 5) is 18.0. The number of amides is 1. The average molecular weight is 436 g/mol. The fourth-order valence-electron chi connectivity index (χ4n) is 3.80. The predicted octanol–water partition coefficient (Wildman–Crippen LogP) is 4.54. The molecule has 1 saturated heterocycles. The lowest BCUT2D eigenvalue weighted by atomic mass is 10.1. The molecule has 1 aliphatic heterocycles. The highest BCUT2D eigenvalue weighted by Gasteiger charge is 2.23. The van der Waals surface area contributed by atoms with Gasteiger partial charge in [0.1, 0.15) is 6.61 Å². The zero-order chi connectivity index (χ0) is 21.3. The average Bonchev–Trinajstić information content (AvgIpc) is 3.35. The van der Waals surface area contributed by atoms with Crippen LogP contribution in [0.15, 0.2) is 72.1 Å². The van der Waals surface area contributed by atoms with Crippen LogP contribution in [0, 0.1) is 0 Å². The van der Waals surface area contributed by atoms with Gasteiger partial charge in [0, 0.05) is 49.8 Å². The molecule has 4 rings (SSSR count). The van der Waals surface area contributed by atoms with Crippen LogP contribution in [0.5, 0.6) is 0 Å². The minimum atomic E-state index is -0.230. The predicted molar refractivity (Wildman–Crippen MR) is 127 cm³/mol. The largest absolute Gasteiger partial charge is 0.445 e. The molecule has 0 radical (unpaired) electrons. The van der Waals surface area contributed by atoms with Crippen LogP contribution in [0.25, 0.3) is 0 Å². The van der Waals surface area contributed by atoms with Crippen LogP contribution < -0.4 is 10.2 Å². The first-order chi connectivity index (χ1) is 15.3. The number of nitrogens with one attached hydrogen (secondary N) is 1. The highest BCUT2D eigenvalue weighted by atomic mass is 32.1. The number of benzene rings is 2. The van der Waals surface area contributed by atoms with Gasteiger partial charge in [-0.05, 0) is 35.1 Å². The summed E-state index contributed by atoms with van der Waals surface area (Å²) in [6, 6.07) is 22.6. The monoisotopic (exact) mass is 435 g/mol. The molecule has 162 valence electrons. The molecule has 0 bridgehead atoms. The lowest BCUT2D eigenvalue weighted by molar-refractivity contribution is 0.0942. The molecule has 3 aromatic rings. The summed E-state index contributed by atoms with van der Waals surface area (Å²) in [5.41, 5.74) is 3.56. The van der Waals surface area contributed by atoms with Gasteiger partial charge in [0.15, 0.2) is 0 Å². The lowest BCUT2D eigenvalue weighted by Gasteiger charge is -2.36. The van der Waals surface area contributed by atoms with E-state index in [1.54, 1.807) is 4.90 Å². The Balaban J connectivity index is 1.25. The molecule has 1 aliphatic rings. The zero-order valence-corrected chi connectivity index (χ0v) is 18.5. The third-order valence-corrected chi connectivity index (χ3v) is 6.46. The van der Waals surface area contributed by atoms with Crippen LogP contribution in [0.1, 0.15) is 16.0 Å². The molecule has 1 amide bonds. The van der Waals surface area contributed by atoms with Gasteiger partial charge in [-0.2, -0.15) is 0 Å². The van der Waals surface area contributed by atoms with Gasteiger partial charge in [0.2, 0.25) is 0 Å². The number of hydrogen-bond acceptors (Lipinski definition) is 5. The van der Waals surface area contributed by atoms with Crippen molar-refractivity contribution in [2.45, 2.75) is 19.6 Å². The minimum Gasteiger partial charge on any atom is -0.445 e. The molecule has 5 nitrogen and oxygen atoms in total. The highest BCUT2D eigenvalue weighted by molar-refractivity contribution is 7.09. The van der Waals surface area contributed by atoms with Crippen molar-refractivity contribution in [3.8, 4) is 0 Å². The van der Waals surface area contributed by atoms with Crippen molar-refractivity contribution < 1.29 is 9.53 Å². The van der Waals surface area contributed by atoms with Crippen LogP contribution in [-0.4, -0.2) is 43.7 Å². The quantitative estimate of drug-likeness (QED) is 0.528. The van der Waals surface area contributed by atoms with E-state index in [0.717, 1.165) is 38.2 Å². The van der Waals surface area contributed by atoms with E-state index in [1.165, 1.54) is 16.1 Å². The Hall–Kier alpha value is -2.83. The molecule has 0 unspecified atom stereocenters. The Labute approximate surface area is 188 Å². The lowest BCUT2D eigenvalue weighted by Crippen LogP contribution is -2.49. The van der Waals surface area contributed by atoms with Crippen LogP contribution in [0.2, 0.25) is 0 Å². The second-order valence-electron chi connectivity index (χ2n) is 7.65. The summed E-state index contributed by atoms with van der Waals surface area (Å²) in [6.07, 6.45) is 0.830. The fourth-order valence-corrected chi connectivity index (χ4v) is 4.51. The Bertz CT molecular complexity index is 938. The number of carbonyl (C=O) groups excluding carboxylic acids is 1. The van der Waals surface area contributed by atoms with Crippen molar-refractivity contribution in [3.63, 3.8) is 0 Å². The molecule has 31 heavy (non-hydrogen) atoms. The number of rotatable bonds is 8. The maximum absolute atomic E-state index is 12.4. The van der Waals surface area contributed by atoms with Crippen molar-refractivity contribution in [1.82, 2.24) is 10.2 Å². The smallest absolute Gasteiger partial charge is 0.410 e. The normalized spacial score (nSPS) is 13.9. The Kier molecular flexibility index (Phi) is 7.58. The minimum absolute atomic E-state index is 0.230. The number of anilines is 1. The molecule has 1 fully saturated rings. The van der Waals surface area contributed by atoms with E-state index < -0.39 is 0 Å². The second-order valence-corrected chi connectivity index (χ2v) is 8.68. The van der Waals surface area contributed by atoms with Gasteiger partial charge < -0.3 is 19.9 Å². The third kappa shape index (κ3) is 6.09. The van der Waals surface area contributed by atoms with E-state index in [9.17, 15) is 4.79 Å². The Morgan fingerprint density at radius 2 is 1.71 bits per heavy atom. The Morgan fingerprint density at radius 3 is 2.48 bits per heavy atom. The maximum atomic E-state index is 12.4. The zero-order valence-electron chi connectivity index (χ0n) is 17.7. The number of para-hydroxylation sites is 1. The van der Waals surface area contributed by atoms with Crippen molar-refractivity contribution in [1.29, 1.82) is 0 Å². The van der Waals surface area contributed by atoms with Crippen LogP contribution in [0.3, 0.4) is 0 Å².